The van der Waals surface area contributed by atoms with Crippen LogP contribution in [0.5, 0.6) is 5.75 Å². The Kier molecular flexibility index (Phi) is 10.4. The van der Waals surface area contributed by atoms with E-state index in [4.69, 9.17) is 17.0 Å². The fourth-order valence-corrected chi connectivity index (χ4v) is 6.34. The summed E-state index contributed by atoms with van der Waals surface area (Å²) in [7, 11) is 0. The number of thiocarbonyl (C=S) groups is 1. The smallest absolute Gasteiger partial charge is 0.256 e. The summed E-state index contributed by atoms with van der Waals surface area (Å²) < 4.78 is 19.1. The van der Waals surface area contributed by atoms with Gasteiger partial charge in [0.15, 0.2) is 5.11 Å². The molecule has 0 aromatic heterocycles. The van der Waals surface area contributed by atoms with Crippen LogP contribution in [-0.2, 0) is 16.0 Å². The molecular weight excluding hydrogens is 563 g/mol. The van der Waals surface area contributed by atoms with Gasteiger partial charge in [0.1, 0.15) is 17.6 Å². The number of halogens is 1. The van der Waals surface area contributed by atoms with Crippen LogP contribution in [0.15, 0.2) is 78.9 Å². The summed E-state index contributed by atoms with van der Waals surface area (Å²) in [6, 6.07) is 22.8. The number of nitrogens with one attached hydrogen (secondary N) is 1. The Morgan fingerprint density at radius 2 is 1.67 bits per heavy atom. The van der Waals surface area contributed by atoms with E-state index < -0.39 is 11.9 Å². The van der Waals surface area contributed by atoms with Gasteiger partial charge in [-0.25, -0.2) is 4.39 Å². The molecule has 3 aromatic carbocycles. The van der Waals surface area contributed by atoms with Crippen LogP contribution in [-0.4, -0.2) is 65.6 Å². The third kappa shape index (κ3) is 7.97. The third-order valence-electron chi connectivity index (χ3n) is 8.18. The molecular formula is C34H39FN4O3S. The SMILES string of the molecule is CCOc1ccc(NC(=O)C[C@@H]2C(=O)N(c3ccc(F)cc3)C(=S)N2CCCN2CCC(Cc3ccccc3)CC2)cc1. The van der Waals surface area contributed by atoms with E-state index in [1.165, 1.54) is 35.4 Å². The van der Waals surface area contributed by atoms with Crippen LogP contribution in [0.1, 0.15) is 38.2 Å². The molecule has 0 aliphatic carbocycles. The molecule has 2 aliphatic heterocycles. The highest BCUT2D eigenvalue weighted by Crippen LogP contribution is 2.29. The summed E-state index contributed by atoms with van der Waals surface area (Å²) in [6.07, 6.45) is 4.22. The van der Waals surface area contributed by atoms with Crippen molar-refractivity contribution in [2.24, 2.45) is 5.92 Å². The van der Waals surface area contributed by atoms with Crippen molar-refractivity contribution in [2.45, 2.75) is 45.1 Å². The molecule has 226 valence electrons. The summed E-state index contributed by atoms with van der Waals surface area (Å²) in [6.45, 7) is 6.02. The lowest BCUT2D eigenvalue weighted by atomic mass is 9.90. The van der Waals surface area contributed by atoms with Crippen molar-refractivity contribution in [2.75, 3.05) is 43.0 Å². The van der Waals surface area contributed by atoms with Crippen molar-refractivity contribution in [1.82, 2.24) is 9.80 Å². The number of hydrogen-bond donors (Lipinski definition) is 1. The van der Waals surface area contributed by atoms with Crippen LogP contribution >= 0.6 is 12.2 Å². The van der Waals surface area contributed by atoms with E-state index >= 15 is 0 Å². The molecule has 2 saturated heterocycles. The van der Waals surface area contributed by atoms with Crippen LogP contribution in [0.2, 0.25) is 0 Å². The number of rotatable bonds is 12. The highest BCUT2D eigenvalue weighted by molar-refractivity contribution is 7.80. The van der Waals surface area contributed by atoms with E-state index in [0.29, 0.717) is 35.6 Å². The molecule has 2 fully saturated rings. The maximum atomic E-state index is 13.7. The lowest BCUT2D eigenvalue weighted by molar-refractivity contribution is -0.124. The van der Waals surface area contributed by atoms with Crippen molar-refractivity contribution >= 4 is 40.5 Å². The Labute approximate surface area is 258 Å². The molecule has 0 bridgehead atoms. The molecule has 2 amide bonds. The van der Waals surface area contributed by atoms with E-state index in [9.17, 15) is 14.0 Å². The average Bonchev–Trinajstić information content (AvgIpc) is 3.24. The second kappa shape index (κ2) is 14.6. The van der Waals surface area contributed by atoms with Gasteiger partial charge < -0.3 is 19.9 Å². The van der Waals surface area contributed by atoms with Crippen LogP contribution in [0, 0.1) is 11.7 Å². The Morgan fingerprint density at radius 1 is 0.977 bits per heavy atom. The second-order valence-corrected chi connectivity index (χ2v) is 11.5. The Hall–Kier alpha value is -3.82. The number of amides is 2. The molecule has 1 atom stereocenters. The molecule has 5 rings (SSSR count). The van der Waals surface area contributed by atoms with Gasteiger partial charge in [0.2, 0.25) is 5.91 Å². The normalized spacial score (nSPS) is 17.9. The zero-order valence-corrected chi connectivity index (χ0v) is 25.4. The van der Waals surface area contributed by atoms with Crippen molar-refractivity contribution in [3.05, 3.63) is 90.2 Å². The first-order chi connectivity index (χ1) is 20.9. The predicted octanol–water partition coefficient (Wildman–Crippen LogP) is 5.90. The minimum atomic E-state index is -0.739. The lowest BCUT2D eigenvalue weighted by Gasteiger charge is -2.33. The number of likely N-dealkylation sites (tertiary alicyclic amines) is 1. The first-order valence-electron chi connectivity index (χ1n) is 15.1. The number of benzene rings is 3. The number of hydrogen-bond acceptors (Lipinski definition) is 5. The molecule has 0 spiro atoms. The summed E-state index contributed by atoms with van der Waals surface area (Å²) >= 11 is 5.78. The molecule has 7 nitrogen and oxygen atoms in total. The average molecular weight is 603 g/mol. The largest absolute Gasteiger partial charge is 0.494 e. The predicted molar refractivity (Wildman–Crippen MR) is 172 cm³/mol. The fraction of sp³-hybridized carbons (Fsp3) is 0.382. The molecule has 0 unspecified atom stereocenters. The Morgan fingerprint density at radius 3 is 2.35 bits per heavy atom. The van der Waals surface area contributed by atoms with Crippen LogP contribution < -0.4 is 15.0 Å². The molecule has 2 aliphatic rings. The summed E-state index contributed by atoms with van der Waals surface area (Å²) in [5.74, 6) is 0.470. The molecule has 0 radical (unpaired) electrons. The molecule has 2 heterocycles. The van der Waals surface area contributed by atoms with E-state index in [1.807, 2.05) is 11.8 Å². The van der Waals surface area contributed by atoms with Crippen LogP contribution in [0.25, 0.3) is 0 Å². The van der Waals surface area contributed by atoms with Crippen molar-refractivity contribution in [3.63, 3.8) is 0 Å². The molecule has 1 N–H and O–H groups in total. The van der Waals surface area contributed by atoms with Crippen molar-refractivity contribution < 1.29 is 18.7 Å². The van der Waals surface area contributed by atoms with E-state index in [1.54, 1.807) is 36.4 Å². The number of carbonyl (C=O) groups is 2. The zero-order valence-electron chi connectivity index (χ0n) is 24.6. The number of nitrogens with zero attached hydrogens (tertiary/aromatic N) is 3. The van der Waals surface area contributed by atoms with E-state index in [0.717, 1.165) is 38.2 Å². The fourth-order valence-electron chi connectivity index (χ4n) is 5.93. The first-order valence-corrected chi connectivity index (χ1v) is 15.5. The standard InChI is InChI=1S/C34H39FN4O3S/c1-2-42-30-15-11-28(12-16-30)36-32(40)24-31-33(41)39(29-13-9-27(35)10-14-29)34(43)38(31)20-6-19-37-21-17-26(18-22-37)23-25-7-4-3-5-8-25/h3-5,7-16,26,31H,2,6,17-24H2,1H3,(H,36,40)/t31-/m1/s1. The summed E-state index contributed by atoms with van der Waals surface area (Å²) in [4.78, 5) is 32.5. The van der Waals surface area contributed by atoms with E-state index in [2.05, 4.69) is 40.5 Å². The van der Waals surface area contributed by atoms with Gasteiger partial charge in [-0.05, 0) is 124 Å². The van der Waals surface area contributed by atoms with Crippen molar-refractivity contribution in [1.29, 1.82) is 0 Å². The highest BCUT2D eigenvalue weighted by atomic mass is 32.1. The van der Waals surface area contributed by atoms with Gasteiger partial charge in [-0.15, -0.1) is 0 Å². The summed E-state index contributed by atoms with van der Waals surface area (Å²) in [5.41, 5.74) is 2.52. The van der Waals surface area contributed by atoms with Crippen molar-refractivity contribution in [3.8, 4) is 5.75 Å². The highest BCUT2D eigenvalue weighted by Gasteiger charge is 2.44. The molecule has 9 heteroatoms. The number of carbonyl (C=O) groups excluding carboxylic acids is 2. The zero-order chi connectivity index (χ0) is 30.2. The Balaban J connectivity index is 1.19. The first kappa shape index (κ1) is 30.6. The molecule has 3 aromatic rings. The summed E-state index contributed by atoms with van der Waals surface area (Å²) in [5, 5.41) is 3.24. The maximum absolute atomic E-state index is 13.7. The van der Waals surface area contributed by atoms with Gasteiger partial charge in [0, 0.05) is 12.2 Å². The number of anilines is 2. The monoisotopic (exact) mass is 602 g/mol. The van der Waals surface area contributed by atoms with Gasteiger partial charge >= 0.3 is 0 Å². The molecule has 0 saturated carbocycles. The third-order valence-corrected chi connectivity index (χ3v) is 8.60. The maximum Gasteiger partial charge on any atom is 0.256 e. The second-order valence-electron chi connectivity index (χ2n) is 11.2. The Bertz CT molecular complexity index is 1380. The number of ether oxygens (including phenoxy) is 1. The topological polar surface area (TPSA) is 65.1 Å². The van der Waals surface area contributed by atoms with Gasteiger partial charge in [0.05, 0.1) is 18.7 Å². The minimum absolute atomic E-state index is 0.0469. The van der Waals surface area contributed by atoms with E-state index in [-0.39, 0.29) is 18.2 Å². The number of piperidine rings is 1. The quantitative estimate of drug-likeness (QED) is 0.261. The van der Waals surface area contributed by atoms with Gasteiger partial charge in [-0.3, -0.25) is 14.5 Å². The van der Waals surface area contributed by atoms with Gasteiger partial charge in [-0.1, -0.05) is 30.3 Å². The lowest BCUT2D eigenvalue weighted by Crippen LogP contribution is -2.40. The van der Waals surface area contributed by atoms with Gasteiger partial charge in [0.25, 0.3) is 5.91 Å². The van der Waals surface area contributed by atoms with Gasteiger partial charge in [-0.2, -0.15) is 0 Å². The molecule has 43 heavy (non-hydrogen) atoms. The minimum Gasteiger partial charge on any atom is -0.494 e. The van der Waals surface area contributed by atoms with Crippen LogP contribution in [0.3, 0.4) is 0 Å². The van der Waals surface area contributed by atoms with Crippen LogP contribution in [0.4, 0.5) is 15.8 Å².